The number of rotatable bonds is 3. The third-order valence-corrected chi connectivity index (χ3v) is 4.43. The minimum Gasteiger partial charge on any atom is -0.361 e. The lowest BCUT2D eigenvalue weighted by Crippen LogP contribution is -2.41. The van der Waals surface area contributed by atoms with Gasteiger partial charge in [0.2, 0.25) is 5.91 Å². The smallest absolute Gasteiger partial charge is 0.227 e. The SMILES string of the molecule is Cc1noc(C)c1CC(=O)N1Cc2nnc(C(C)C)n2[C@@H](C)C1. The molecule has 7 nitrogen and oxygen atoms in total. The second kappa shape index (κ2) is 5.79. The first-order valence-corrected chi connectivity index (χ1v) is 8.01. The molecule has 0 N–H and O–H groups in total. The lowest BCUT2D eigenvalue weighted by molar-refractivity contribution is -0.132. The average molecular weight is 317 g/mol. The van der Waals surface area contributed by atoms with E-state index in [1.807, 2.05) is 18.7 Å². The number of aryl methyl sites for hydroxylation is 2. The molecule has 0 aliphatic carbocycles. The van der Waals surface area contributed by atoms with Crippen LogP contribution in [0.25, 0.3) is 0 Å². The summed E-state index contributed by atoms with van der Waals surface area (Å²) in [5.74, 6) is 2.96. The van der Waals surface area contributed by atoms with Gasteiger partial charge in [0, 0.05) is 18.0 Å². The fourth-order valence-corrected chi connectivity index (χ4v) is 3.16. The van der Waals surface area contributed by atoms with Crippen LogP contribution >= 0.6 is 0 Å². The molecule has 23 heavy (non-hydrogen) atoms. The average Bonchev–Trinajstić information content (AvgIpc) is 3.06. The predicted molar refractivity (Wildman–Crippen MR) is 83.9 cm³/mol. The minimum absolute atomic E-state index is 0.0756. The monoisotopic (exact) mass is 317 g/mol. The van der Waals surface area contributed by atoms with E-state index in [1.54, 1.807) is 0 Å². The summed E-state index contributed by atoms with van der Waals surface area (Å²) in [6.07, 6.45) is 0.319. The number of hydrogen-bond acceptors (Lipinski definition) is 5. The minimum atomic E-state index is 0.0756. The second-order valence-electron chi connectivity index (χ2n) is 6.60. The topological polar surface area (TPSA) is 77.1 Å². The highest BCUT2D eigenvalue weighted by Gasteiger charge is 2.30. The maximum absolute atomic E-state index is 12.7. The van der Waals surface area contributed by atoms with E-state index in [0.29, 0.717) is 31.2 Å². The zero-order valence-electron chi connectivity index (χ0n) is 14.3. The summed E-state index contributed by atoms with van der Waals surface area (Å²) in [5.41, 5.74) is 1.67. The Morgan fingerprint density at radius 2 is 2.09 bits per heavy atom. The van der Waals surface area contributed by atoms with Gasteiger partial charge >= 0.3 is 0 Å². The molecule has 0 spiro atoms. The van der Waals surface area contributed by atoms with Crippen LogP contribution in [0.5, 0.6) is 0 Å². The Bertz CT molecular complexity index is 711. The molecular weight excluding hydrogens is 294 g/mol. The molecule has 0 unspecified atom stereocenters. The standard InChI is InChI=1S/C16H23N5O2/c1-9(2)16-18-17-14-8-20(7-10(3)21(14)16)15(22)6-13-11(4)19-23-12(13)5/h9-10H,6-8H2,1-5H3/t10-/m0/s1. The maximum Gasteiger partial charge on any atom is 0.227 e. The molecule has 7 heteroatoms. The first-order valence-electron chi connectivity index (χ1n) is 8.01. The molecule has 3 rings (SSSR count). The van der Waals surface area contributed by atoms with E-state index < -0.39 is 0 Å². The molecule has 2 aromatic heterocycles. The van der Waals surface area contributed by atoms with Gasteiger partial charge in [-0.25, -0.2) is 0 Å². The number of hydrogen-bond donors (Lipinski definition) is 0. The predicted octanol–water partition coefficient (Wildman–Crippen LogP) is 2.15. The Hall–Kier alpha value is -2.18. The van der Waals surface area contributed by atoms with Crippen LogP contribution < -0.4 is 0 Å². The number of carbonyl (C=O) groups is 1. The van der Waals surface area contributed by atoms with Gasteiger partial charge in [0.25, 0.3) is 0 Å². The van der Waals surface area contributed by atoms with Crippen LogP contribution in [0.15, 0.2) is 4.52 Å². The van der Waals surface area contributed by atoms with Gasteiger partial charge in [-0.15, -0.1) is 10.2 Å². The van der Waals surface area contributed by atoms with E-state index in [9.17, 15) is 4.79 Å². The van der Waals surface area contributed by atoms with Crippen LogP contribution in [0, 0.1) is 13.8 Å². The van der Waals surface area contributed by atoms with E-state index in [0.717, 1.165) is 22.9 Å². The molecule has 0 saturated carbocycles. The number of fused-ring (bicyclic) bond motifs is 1. The Labute approximate surface area is 135 Å². The molecule has 1 aliphatic rings. The van der Waals surface area contributed by atoms with E-state index in [1.165, 1.54) is 0 Å². The Morgan fingerprint density at radius 1 is 1.35 bits per heavy atom. The fraction of sp³-hybridized carbons (Fsp3) is 0.625. The molecule has 124 valence electrons. The lowest BCUT2D eigenvalue weighted by atomic mass is 10.1. The summed E-state index contributed by atoms with van der Waals surface area (Å²) < 4.78 is 7.31. The Balaban J connectivity index is 1.79. The van der Waals surface area contributed by atoms with Crippen LogP contribution in [-0.2, 0) is 17.8 Å². The van der Waals surface area contributed by atoms with Crippen molar-refractivity contribution in [2.75, 3.05) is 6.54 Å². The fourth-order valence-electron chi connectivity index (χ4n) is 3.16. The molecule has 0 radical (unpaired) electrons. The van der Waals surface area contributed by atoms with Gasteiger partial charge in [0.05, 0.1) is 24.7 Å². The molecule has 1 amide bonds. The molecule has 0 fully saturated rings. The molecule has 2 aromatic rings. The summed E-state index contributed by atoms with van der Waals surface area (Å²) >= 11 is 0. The van der Waals surface area contributed by atoms with Crippen molar-refractivity contribution in [1.82, 2.24) is 24.8 Å². The number of aromatic nitrogens is 4. The van der Waals surface area contributed by atoms with Gasteiger partial charge in [0.1, 0.15) is 11.6 Å². The normalized spacial score (nSPS) is 17.7. The van der Waals surface area contributed by atoms with Crippen molar-refractivity contribution in [2.45, 2.75) is 59.5 Å². The zero-order valence-corrected chi connectivity index (χ0v) is 14.3. The zero-order chi connectivity index (χ0) is 16.7. The third kappa shape index (κ3) is 2.75. The van der Waals surface area contributed by atoms with Crippen LogP contribution in [0.3, 0.4) is 0 Å². The van der Waals surface area contributed by atoms with E-state index in [-0.39, 0.29) is 11.9 Å². The molecule has 0 aromatic carbocycles. The van der Waals surface area contributed by atoms with Crippen molar-refractivity contribution >= 4 is 5.91 Å². The molecule has 0 saturated heterocycles. The Kier molecular flexibility index (Phi) is 3.95. The first-order chi connectivity index (χ1) is 10.9. The maximum atomic E-state index is 12.7. The molecule has 3 heterocycles. The Morgan fingerprint density at radius 3 is 2.70 bits per heavy atom. The van der Waals surface area contributed by atoms with Gasteiger partial charge in [-0.3, -0.25) is 4.79 Å². The van der Waals surface area contributed by atoms with Crippen LogP contribution in [0.4, 0.5) is 0 Å². The third-order valence-electron chi connectivity index (χ3n) is 4.43. The largest absolute Gasteiger partial charge is 0.361 e. The van der Waals surface area contributed by atoms with E-state index in [2.05, 4.69) is 40.7 Å². The van der Waals surface area contributed by atoms with Gasteiger partial charge in [-0.1, -0.05) is 19.0 Å². The number of carbonyl (C=O) groups excluding carboxylic acids is 1. The molecule has 1 aliphatic heterocycles. The van der Waals surface area contributed by atoms with Gasteiger partial charge in [-0.2, -0.15) is 0 Å². The quantitative estimate of drug-likeness (QED) is 0.867. The van der Waals surface area contributed by atoms with Gasteiger partial charge in [-0.05, 0) is 20.8 Å². The van der Waals surface area contributed by atoms with Crippen molar-refractivity contribution < 1.29 is 9.32 Å². The highest BCUT2D eigenvalue weighted by molar-refractivity contribution is 5.79. The van der Waals surface area contributed by atoms with Crippen LogP contribution in [0.1, 0.15) is 61.4 Å². The van der Waals surface area contributed by atoms with Crippen molar-refractivity contribution in [3.05, 3.63) is 28.7 Å². The van der Waals surface area contributed by atoms with Crippen molar-refractivity contribution in [1.29, 1.82) is 0 Å². The highest BCUT2D eigenvalue weighted by atomic mass is 16.5. The summed E-state index contributed by atoms with van der Waals surface area (Å²) in [6.45, 7) is 11.2. The summed E-state index contributed by atoms with van der Waals surface area (Å²) in [5, 5.41) is 12.5. The number of nitrogens with zero attached hydrogens (tertiary/aromatic N) is 5. The second-order valence-corrected chi connectivity index (χ2v) is 6.60. The summed E-state index contributed by atoms with van der Waals surface area (Å²) in [4.78, 5) is 14.5. The molecule has 0 bridgehead atoms. The van der Waals surface area contributed by atoms with Crippen molar-refractivity contribution in [3.63, 3.8) is 0 Å². The summed E-state index contributed by atoms with van der Waals surface area (Å²) in [7, 11) is 0. The van der Waals surface area contributed by atoms with Crippen molar-refractivity contribution in [2.24, 2.45) is 0 Å². The first kappa shape index (κ1) is 15.7. The van der Waals surface area contributed by atoms with Crippen LogP contribution in [-0.4, -0.2) is 37.3 Å². The van der Waals surface area contributed by atoms with Crippen molar-refractivity contribution in [3.8, 4) is 0 Å². The van der Waals surface area contributed by atoms with E-state index >= 15 is 0 Å². The van der Waals surface area contributed by atoms with Crippen LogP contribution in [0.2, 0.25) is 0 Å². The highest BCUT2D eigenvalue weighted by Crippen LogP contribution is 2.26. The van der Waals surface area contributed by atoms with Gasteiger partial charge < -0.3 is 14.0 Å². The summed E-state index contributed by atoms with van der Waals surface area (Å²) in [6, 6.07) is 0.180. The van der Waals surface area contributed by atoms with Gasteiger partial charge in [0.15, 0.2) is 5.82 Å². The number of amides is 1. The molecule has 1 atom stereocenters. The van der Waals surface area contributed by atoms with E-state index in [4.69, 9.17) is 4.52 Å². The molecular formula is C16H23N5O2. The lowest BCUT2D eigenvalue weighted by Gasteiger charge is -2.33.